The highest BCUT2D eigenvalue weighted by atomic mass is 16.6. The van der Waals surface area contributed by atoms with E-state index in [0.717, 1.165) is 44.9 Å². The molecule has 142 valence electrons. The summed E-state index contributed by atoms with van der Waals surface area (Å²) in [5.74, 6) is -0.598. The molecule has 1 unspecified atom stereocenters. The van der Waals surface area contributed by atoms with Gasteiger partial charge in [0.25, 0.3) is 0 Å². The Morgan fingerprint density at radius 1 is 0.708 bits per heavy atom. The van der Waals surface area contributed by atoms with Crippen molar-refractivity contribution in [3.05, 3.63) is 0 Å². The van der Waals surface area contributed by atoms with Crippen molar-refractivity contribution in [3.8, 4) is 0 Å². The number of aliphatic hydroxyl groups excluding tert-OH is 1. The number of hydrogen-bond acceptors (Lipinski definition) is 5. The number of carbonyl (C=O) groups excluding carboxylic acids is 2. The van der Waals surface area contributed by atoms with Gasteiger partial charge in [-0.3, -0.25) is 9.59 Å². The Kier molecular flexibility index (Phi) is 16.0. The molecular weight excluding hydrogens is 308 g/mol. The lowest BCUT2D eigenvalue weighted by Gasteiger charge is -2.12. The van der Waals surface area contributed by atoms with E-state index in [9.17, 15) is 14.7 Å². The maximum atomic E-state index is 11.5. The summed E-state index contributed by atoms with van der Waals surface area (Å²) in [5, 5.41) is 9.67. The zero-order chi connectivity index (χ0) is 18.0. The Labute approximate surface area is 147 Å². The molecule has 0 aromatic carbocycles. The molecule has 0 bridgehead atoms. The Hall–Kier alpha value is -1.10. The molecule has 0 amide bonds. The minimum Gasteiger partial charge on any atom is -0.463 e. The first kappa shape index (κ1) is 22.9. The lowest BCUT2D eigenvalue weighted by atomic mass is 10.1. The second kappa shape index (κ2) is 16.7. The van der Waals surface area contributed by atoms with E-state index in [-0.39, 0.29) is 25.2 Å². The van der Waals surface area contributed by atoms with E-state index in [1.807, 2.05) is 0 Å². The summed E-state index contributed by atoms with van der Waals surface area (Å²) in [6.07, 6.45) is 10.6. The van der Waals surface area contributed by atoms with E-state index in [1.54, 1.807) is 0 Å². The van der Waals surface area contributed by atoms with Crippen molar-refractivity contribution < 1.29 is 24.2 Å². The van der Waals surface area contributed by atoms with Crippen LogP contribution >= 0.6 is 0 Å². The molecule has 0 spiro atoms. The molecule has 1 atom stereocenters. The van der Waals surface area contributed by atoms with Gasteiger partial charge in [0.05, 0.1) is 0 Å². The lowest BCUT2D eigenvalue weighted by molar-refractivity contribution is -0.152. The molecular formula is C19H36O5. The number of rotatable bonds is 16. The fourth-order valence-electron chi connectivity index (χ4n) is 2.32. The van der Waals surface area contributed by atoms with Gasteiger partial charge in [-0.25, -0.2) is 0 Å². The third-order valence-electron chi connectivity index (χ3n) is 3.84. The Bertz CT molecular complexity index is 317. The van der Waals surface area contributed by atoms with Crippen LogP contribution in [0, 0.1) is 0 Å². The van der Waals surface area contributed by atoms with Crippen LogP contribution in [0.3, 0.4) is 0 Å². The number of ether oxygens (including phenoxy) is 2. The minimum absolute atomic E-state index is 0.113. The van der Waals surface area contributed by atoms with E-state index in [0.29, 0.717) is 12.8 Å². The van der Waals surface area contributed by atoms with Crippen molar-refractivity contribution in [2.45, 2.75) is 97.0 Å². The zero-order valence-electron chi connectivity index (χ0n) is 15.6. The third-order valence-corrected chi connectivity index (χ3v) is 3.84. The standard InChI is InChI=1S/C19H36O5/c1-3-5-7-9-10-12-14-19(22)24-16-17(20)15-23-18(21)13-11-8-6-4-2/h17,20H,3-16H2,1-2H3. The second-order valence-corrected chi connectivity index (χ2v) is 6.35. The molecule has 0 aromatic heterocycles. The van der Waals surface area contributed by atoms with Gasteiger partial charge >= 0.3 is 11.9 Å². The summed E-state index contributed by atoms with van der Waals surface area (Å²) in [6.45, 7) is 4.06. The topological polar surface area (TPSA) is 72.8 Å². The first-order valence-electron chi connectivity index (χ1n) is 9.59. The van der Waals surface area contributed by atoms with E-state index in [1.165, 1.54) is 19.3 Å². The van der Waals surface area contributed by atoms with Crippen LogP contribution in [-0.2, 0) is 19.1 Å². The minimum atomic E-state index is -0.946. The molecule has 0 fully saturated rings. The lowest BCUT2D eigenvalue weighted by Crippen LogP contribution is -2.25. The average molecular weight is 344 g/mol. The molecule has 5 nitrogen and oxygen atoms in total. The van der Waals surface area contributed by atoms with E-state index in [4.69, 9.17) is 9.47 Å². The Morgan fingerprint density at radius 3 is 1.54 bits per heavy atom. The Balaban J connectivity index is 3.51. The van der Waals surface area contributed by atoms with E-state index >= 15 is 0 Å². The van der Waals surface area contributed by atoms with Crippen LogP contribution in [0.5, 0.6) is 0 Å². The molecule has 1 N–H and O–H groups in total. The van der Waals surface area contributed by atoms with Crippen LogP contribution < -0.4 is 0 Å². The first-order chi connectivity index (χ1) is 11.6. The third kappa shape index (κ3) is 15.8. The number of hydrogen-bond donors (Lipinski definition) is 1. The van der Waals surface area contributed by atoms with Crippen LogP contribution in [0.2, 0.25) is 0 Å². The number of carbonyl (C=O) groups is 2. The molecule has 0 aliphatic rings. The van der Waals surface area contributed by atoms with Gasteiger partial charge in [-0.15, -0.1) is 0 Å². The monoisotopic (exact) mass is 344 g/mol. The largest absolute Gasteiger partial charge is 0.463 e. The molecule has 0 rings (SSSR count). The van der Waals surface area contributed by atoms with Gasteiger partial charge in [0.1, 0.15) is 19.3 Å². The van der Waals surface area contributed by atoms with Gasteiger partial charge in [0.2, 0.25) is 0 Å². The molecule has 24 heavy (non-hydrogen) atoms. The van der Waals surface area contributed by atoms with Crippen LogP contribution in [-0.4, -0.2) is 36.4 Å². The van der Waals surface area contributed by atoms with Crippen molar-refractivity contribution in [1.82, 2.24) is 0 Å². The first-order valence-corrected chi connectivity index (χ1v) is 9.59. The van der Waals surface area contributed by atoms with E-state index < -0.39 is 6.10 Å². The fourth-order valence-corrected chi connectivity index (χ4v) is 2.32. The van der Waals surface area contributed by atoms with Crippen LogP contribution in [0.1, 0.15) is 90.9 Å². The highest BCUT2D eigenvalue weighted by Gasteiger charge is 2.11. The van der Waals surface area contributed by atoms with Gasteiger partial charge < -0.3 is 14.6 Å². The predicted octanol–water partition coefficient (Wildman–Crippen LogP) is 4.15. The summed E-state index contributed by atoms with van der Waals surface area (Å²) < 4.78 is 9.97. The molecule has 0 radical (unpaired) electrons. The molecule has 0 aliphatic carbocycles. The normalized spacial score (nSPS) is 12.0. The Morgan fingerprint density at radius 2 is 1.08 bits per heavy atom. The smallest absolute Gasteiger partial charge is 0.305 e. The van der Waals surface area contributed by atoms with Gasteiger partial charge in [-0.05, 0) is 12.8 Å². The summed E-state index contributed by atoms with van der Waals surface area (Å²) >= 11 is 0. The van der Waals surface area contributed by atoms with Crippen LogP contribution in [0.15, 0.2) is 0 Å². The molecule has 0 heterocycles. The van der Waals surface area contributed by atoms with E-state index in [2.05, 4.69) is 13.8 Å². The zero-order valence-corrected chi connectivity index (χ0v) is 15.6. The summed E-state index contributed by atoms with van der Waals surface area (Å²) in [7, 11) is 0. The second-order valence-electron chi connectivity index (χ2n) is 6.35. The van der Waals surface area contributed by atoms with Crippen molar-refractivity contribution in [3.63, 3.8) is 0 Å². The highest BCUT2D eigenvalue weighted by Crippen LogP contribution is 2.08. The molecule has 0 saturated carbocycles. The quantitative estimate of drug-likeness (QED) is 0.336. The maximum Gasteiger partial charge on any atom is 0.305 e. The number of esters is 2. The maximum absolute atomic E-state index is 11.5. The molecule has 0 aliphatic heterocycles. The predicted molar refractivity (Wildman–Crippen MR) is 94.7 cm³/mol. The van der Waals surface area contributed by atoms with Crippen LogP contribution in [0.25, 0.3) is 0 Å². The van der Waals surface area contributed by atoms with Gasteiger partial charge in [0.15, 0.2) is 0 Å². The highest BCUT2D eigenvalue weighted by molar-refractivity contribution is 5.69. The molecule has 0 aromatic rings. The molecule has 5 heteroatoms. The fraction of sp³-hybridized carbons (Fsp3) is 0.895. The van der Waals surface area contributed by atoms with Crippen molar-refractivity contribution in [2.75, 3.05) is 13.2 Å². The summed E-state index contributed by atoms with van der Waals surface area (Å²) in [5.41, 5.74) is 0. The average Bonchev–Trinajstić information content (AvgIpc) is 2.58. The summed E-state index contributed by atoms with van der Waals surface area (Å²) in [6, 6.07) is 0. The van der Waals surface area contributed by atoms with Gasteiger partial charge in [0, 0.05) is 12.8 Å². The van der Waals surface area contributed by atoms with Gasteiger partial charge in [-0.2, -0.15) is 0 Å². The van der Waals surface area contributed by atoms with Crippen LogP contribution in [0.4, 0.5) is 0 Å². The van der Waals surface area contributed by atoms with Crippen molar-refractivity contribution in [2.24, 2.45) is 0 Å². The SMILES string of the molecule is CCCCCCCCC(=O)OCC(O)COC(=O)CCCCCC. The number of unbranched alkanes of at least 4 members (excludes halogenated alkanes) is 8. The number of aliphatic hydroxyl groups is 1. The van der Waals surface area contributed by atoms with Crippen molar-refractivity contribution >= 4 is 11.9 Å². The van der Waals surface area contributed by atoms with Gasteiger partial charge in [-0.1, -0.05) is 65.2 Å². The summed E-state index contributed by atoms with van der Waals surface area (Å²) in [4.78, 5) is 23.0. The molecule has 0 saturated heterocycles. The van der Waals surface area contributed by atoms with Crippen molar-refractivity contribution in [1.29, 1.82) is 0 Å².